The number of benzene rings is 1. The van der Waals surface area contributed by atoms with Gasteiger partial charge in [-0.2, -0.15) is 0 Å². The Morgan fingerprint density at radius 1 is 1.47 bits per heavy atom. The SMILES string of the molecule is COc1cc(N2CCC(NC(=O)O)CC2)ccc1N. The second-order valence-electron chi connectivity index (χ2n) is 4.64. The minimum atomic E-state index is -0.951. The highest BCUT2D eigenvalue weighted by Gasteiger charge is 2.21. The standard InChI is InChI=1S/C13H19N3O3/c1-19-12-8-10(2-3-11(12)14)16-6-4-9(5-7-16)15-13(17)18/h2-3,8-9,15H,4-7,14H2,1H3,(H,17,18). The van der Waals surface area contributed by atoms with Gasteiger partial charge in [-0.3, -0.25) is 0 Å². The summed E-state index contributed by atoms with van der Waals surface area (Å²) < 4.78 is 5.21. The van der Waals surface area contributed by atoms with Crippen LogP contribution in [-0.2, 0) is 0 Å². The van der Waals surface area contributed by atoms with Gasteiger partial charge in [0.2, 0.25) is 0 Å². The topological polar surface area (TPSA) is 87.8 Å². The summed E-state index contributed by atoms with van der Waals surface area (Å²) in [6, 6.07) is 5.75. The predicted octanol–water partition coefficient (Wildman–Crippen LogP) is 1.51. The van der Waals surface area contributed by atoms with Crippen LogP contribution in [0.15, 0.2) is 18.2 Å². The van der Waals surface area contributed by atoms with Gasteiger partial charge in [0.1, 0.15) is 5.75 Å². The van der Waals surface area contributed by atoms with Crippen molar-refractivity contribution >= 4 is 17.5 Å². The smallest absolute Gasteiger partial charge is 0.404 e. The molecule has 104 valence electrons. The first kappa shape index (κ1) is 13.3. The Labute approximate surface area is 112 Å². The Hall–Kier alpha value is -2.11. The van der Waals surface area contributed by atoms with Gasteiger partial charge < -0.3 is 25.8 Å². The Kier molecular flexibility index (Phi) is 3.99. The lowest BCUT2D eigenvalue weighted by atomic mass is 10.0. The molecule has 6 nitrogen and oxygen atoms in total. The lowest BCUT2D eigenvalue weighted by Crippen LogP contribution is -2.44. The molecular weight excluding hydrogens is 246 g/mol. The third-order valence-corrected chi connectivity index (χ3v) is 3.40. The van der Waals surface area contributed by atoms with Gasteiger partial charge in [-0.15, -0.1) is 0 Å². The van der Waals surface area contributed by atoms with Gasteiger partial charge in [-0.25, -0.2) is 4.79 Å². The average Bonchev–Trinajstić information content (AvgIpc) is 2.40. The number of carboxylic acid groups (broad SMARTS) is 1. The summed E-state index contributed by atoms with van der Waals surface area (Å²) >= 11 is 0. The van der Waals surface area contributed by atoms with E-state index in [1.165, 1.54) is 0 Å². The lowest BCUT2D eigenvalue weighted by molar-refractivity contribution is 0.187. The number of rotatable bonds is 3. The molecule has 1 saturated heterocycles. The quantitative estimate of drug-likeness (QED) is 0.721. The van der Waals surface area contributed by atoms with Crippen LogP contribution in [0.2, 0.25) is 0 Å². The van der Waals surface area contributed by atoms with E-state index in [0.29, 0.717) is 11.4 Å². The fourth-order valence-electron chi connectivity index (χ4n) is 2.35. The van der Waals surface area contributed by atoms with Crippen molar-refractivity contribution in [1.29, 1.82) is 0 Å². The van der Waals surface area contributed by atoms with Gasteiger partial charge >= 0.3 is 6.09 Å². The molecule has 4 N–H and O–H groups in total. The van der Waals surface area contributed by atoms with E-state index in [-0.39, 0.29) is 6.04 Å². The zero-order chi connectivity index (χ0) is 13.8. The Balaban J connectivity index is 1.99. The molecule has 1 heterocycles. The molecule has 1 aliphatic heterocycles. The number of nitrogens with zero attached hydrogens (tertiary/aromatic N) is 1. The zero-order valence-corrected chi connectivity index (χ0v) is 10.9. The second-order valence-corrected chi connectivity index (χ2v) is 4.64. The molecule has 1 fully saturated rings. The fraction of sp³-hybridized carbons (Fsp3) is 0.462. The van der Waals surface area contributed by atoms with Crippen LogP contribution in [0.4, 0.5) is 16.2 Å². The van der Waals surface area contributed by atoms with Crippen molar-refractivity contribution < 1.29 is 14.6 Å². The molecule has 0 bridgehead atoms. The third-order valence-electron chi connectivity index (χ3n) is 3.40. The minimum Gasteiger partial charge on any atom is -0.495 e. The molecule has 2 rings (SSSR count). The van der Waals surface area contributed by atoms with Crippen molar-refractivity contribution in [1.82, 2.24) is 5.32 Å². The molecular formula is C13H19N3O3. The van der Waals surface area contributed by atoms with Gasteiger partial charge in [0.05, 0.1) is 12.8 Å². The Morgan fingerprint density at radius 3 is 2.74 bits per heavy atom. The summed E-state index contributed by atoms with van der Waals surface area (Å²) in [6.45, 7) is 1.63. The van der Waals surface area contributed by atoms with Gasteiger partial charge in [0.25, 0.3) is 0 Å². The molecule has 1 amide bonds. The first-order chi connectivity index (χ1) is 9.10. The molecule has 0 spiro atoms. The van der Waals surface area contributed by atoms with Crippen LogP contribution in [0.5, 0.6) is 5.75 Å². The predicted molar refractivity (Wildman–Crippen MR) is 73.8 cm³/mol. The van der Waals surface area contributed by atoms with Crippen molar-refractivity contribution in [3.63, 3.8) is 0 Å². The van der Waals surface area contributed by atoms with Crippen LogP contribution in [0.25, 0.3) is 0 Å². The molecule has 0 saturated carbocycles. The van der Waals surface area contributed by atoms with Gasteiger partial charge in [0, 0.05) is 30.9 Å². The number of anilines is 2. The monoisotopic (exact) mass is 265 g/mol. The number of nitrogen functional groups attached to an aromatic ring is 1. The number of hydrogen-bond acceptors (Lipinski definition) is 4. The van der Waals surface area contributed by atoms with E-state index in [4.69, 9.17) is 15.6 Å². The van der Waals surface area contributed by atoms with E-state index in [2.05, 4.69) is 10.2 Å². The molecule has 19 heavy (non-hydrogen) atoms. The number of ether oxygens (including phenoxy) is 1. The van der Waals surface area contributed by atoms with E-state index in [1.54, 1.807) is 7.11 Å². The molecule has 0 atom stereocenters. The Bertz CT molecular complexity index is 456. The third kappa shape index (κ3) is 3.21. The van der Waals surface area contributed by atoms with Crippen molar-refractivity contribution in [2.24, 2.45) is 0 Å². The van der Waals surface area contributed by atoms with Crippen LogP contribution in [0.3, 0.4) is 0 Å². The number of methoxy groups -OCH3 is 1. The number of carbonyl (C=O) groups is 1. The van der Waals surface area contributed by atoms with E-state index >= 15 is 0 Å². The zero-order valence-electron chi connectivity index (χ0n) is 10.9. The maximum Gasteiger partial charge on any atom is 0.404 e. The highest BCUT2D eigenvalue weighted by molar-refractivity contribution is 5.65. The highest BCUT2D eigenvalue weighted by Crippen LogP contribution is 2.29. The van der Waals surface area contributed by atoms with E-state index in [1.807, 2.05) is 18.2 Å². The highest BCUT2D eigenvalue weighted by atomic mass is 16.5. The maximum atomic E-state index is 10.6. The van der Waals surface area contributed by atoms with Crippen LogP contribution in [0.1, 0.15) is 12.8 Å². The Morgan fingerprint density at radius 2 is 2.16 bits per heavy atom. The summed E-state index contributed by atoms with van der Waals surface area (Å²) in [6.07, 6.45) is 0.658. The van der Waals surface area contributed by atoms with Crippen LogP contribution < -0.4 is 20.7 Å². The summed E-state index contributed by atoms with van der Waals surface area (Å²) in [5.41, 5.74) is 7.46. The molecule has 0 radical (unpaired) electrons. The summed E-state index contributed by atoms with van der Waals surface area (Å²) in [7, 11) is 1.60. The van der Waals surface area contributed by atoms with E-state index < -0.39 is 6.09 Å². The summed E-state index contributed by atoms with van der Waals surface area (Å²) in [5, 5.41) is 11.2. The average molecular weight is 265 g/mol. The summed E-state index contributed by atoms with van der Waals surface area (Å²) in [5.74, 6) is 0.670. The largest absolute Gasteiger partial charge is 0.495 e. The number of amides is 1. The first-order valence-corrected chi connectivity index (χ1v) is 6.28. The van der Waals surface area contributed by atoms with Crippen LogP contribution >= 0.6 is 0 Å². The van der Waals surface area contributed by atoms with Crippen molar-refractivity contribution in [2.45, 2.75) is 18.9 Å². The first-order valence-electron chi connectivity index (χ1n) is 6.28. The maximum absolute atomic E-state index is 10.6. The van der Waals surface area contributed by atoms with E-state index in [9.17, 15) is 4.79 Å². The minimum absolute atomic E-state index is 0.0458. The lowest BCUT2D eigenvalue weighted by Gasteiger charge is -2.33. The molecule has 6 heteroatoms. The van der Waals surface area contributed by atoms with E-state index in [0.717, 1.165) is 31.6 Å². The molecule has 1 aromatic carbocycles. The van der Waals surface area contributed by atoms with Crippen LogP contribution in [-0.4, -0.2) is 37.4 Å². The number of hydrogen-bond donors (Lipinski definition) is 3. The molecule has 1 aliphatic rings. The van der Waals surface area contributed by atoms with Crippen molar-refractivity contribution in [3.05, 3.63) is 18.2 Å². The number of nitrogens with one attached hydrogen (secondary N) is 1. The normalized spacial score (nSPS) is 16.2. The molecule has 1 aromatic rings. The summed E-state index contributed by atoms with van der Waals surface area (Å²) in [4.78, 5) is 12.8. The van der Waals surface area contributed by atoms with Gasteiger partial charge in [0.15, 0.2) is 0 Å². The molecule has 0 unspecified atom stereocenters. The molecule has 0 aliphatic carbocycles. The van der Waals surface area contributed by atoms with Gasteiger partial charge in [-0.05, 0) is 25.0 Å². The van der Waals surface area contributed by atoms with Gasteiger partial charge in [-0.1, -0.05) is 0 Å². The van der Waals surface area contributed by atoms with Crippen molar-refractivity contribution in [3.8, 4) is 5.75 Å². The molecule has 0 aromatic heterocycles. The fourth-order valence-corrected chi connectivity index (χ4v) is 2.35. The second kappa shape index (κ2) is 5.69. The number of nitrogens with two attached hydrogens (primary N) is 1. The number of piperidine rings is 1. The van der Waals surface area contributed by atoms with Crippen molar-refractivity contribution in [2.75, 3.05) is 30.8 Å². The van der Waals surface area contributed by atoms with Crippen LogP contribution in [0, 0.1) is 0 Å².